The molecule has 0 amide bonds. The fourth-order valence-corrected chi connectivity index (χ4v) is 4.30. The first-order valence-electron chi connectivity index (χ1n) is 9.56. The average Bonchev–Trinajstić information content (AvgIpc) is 3.10. The van der Waals surface area contributed by atoms with Crippen molar-refractivity contribution in [3.05, 3.63) is 46.5 Å². The molecule has 1 aliphatic carbocycles. The van der Waals surface area contributed by atoms with Crippen LogP contribution in [0.4, 0.5) is 4.79 Å². The Morgan fingerprint density at radius 3 is 2.50 bits per heavy atom. The van der Waals surface area contributed by atoms with Gasteiger partial charge in [0, 0.05) is 6.42 Å². The molecule has 2 atom stereocenters. The summed E-state index contributed by atoms with van der Waals surface area (Å²) in [7, 11) is 0. The first-order chi connectivity index (χ1) is 12.4. The quantitative estimate of drug-likeness (QED) is 0.493. The molecule has 0 radical (unpaired) electrons. The number of Topliss-reactive ketones (excluding diaryl/α,β-unsaturated/α-hetero) is 1. The van der Waals surface area contributed by atoms with Crippen molar-refractivity contribution in [3.63, 3.8) is 0 Å². The number of allylic oxidation sites excluding steroid dienone is 1. The van der Waals surface area contributed by atoms with Gasteiger partial charge in [-0.05, 0) is 62.7 Å². The van der Waals surface area contributed by atoms with Crippen LogP contribution >= 0.6 is 0 Å². The van der Waals surface area contributed by atoms with Gasteiger partial charge in [0.25, 0.3) is 0 Å². The molecule has 0 heterocycles. The Balaban J connectivity index is 2.70. The summed E-state index contributed by atoms with van der Waals surface area (Å²) in [6.45, 7) is 7.94. The molecule has 26 heavy (non-hydrogen) atoms. The van der Waals surface area contributed by atoms with E-state index < -0.39 is 17.7 Å². The Morgan fingerprint density at radius 2 is 2.00 bits per heavy atom. The smallest absolute Gasteiger partial charge is 0.450 e. The molecule has 1 N–H and O–H groups in total. The summed E-state index contributed by atoms with van der Waals surface area (Å²) in [5.41, 5.74) is 2.99. The van der Waals surface area contributed by atoms with Crippen molar-refractivity contribution in [2.75, 3.05) is 0 Å². The number of benzene rings is 1. The number of carbonyl (C=O) groups excluding carboxylic acids is 1. The maximum Gasteiger partial charge on any atom is 0.506 e. The monoisotopic (exact) mass is 358 g/mol. The van der Waals surface area contributed by atoms with E-state index in [1.54, 1.807) is 0 Å². The highest BCUT2D eigenvalue weighted by Gasteiger charge is 2.49. The molecule has 142 valence electrons. The number of carbonyl (C=O) groups is 2. The molecule has 2 unspecified atom stereocenters. The number of hydrogen-bond acceptors (Lipinski definition) is 3. The summed E-state index contributed by atoms with van der Waals surface area (Å²) >= 11 is 0. The molecular weight excluding hydrogens is 328 g/mol. The number of carboxylic acid groups (broad SMARTS) is 1. The van der Waals surface area contributed by atoms with Gasteiger partial charge in [-0.15, -0.1) is 0 Å². The van der Waals surface area contributed by atoms with Crippen molar-refractivity contribution in [1.29, 1.82) is 0 Å². The molecule has 1 aromatic carbocycles. The van der Waals surface area contributed by atoms with E-state index in [4.69, 9.17) is 4.74 Å². The molecule has 0 saturated carbocycles. The lowest BCUT2D eigenvalue weighted by Gasteiger charge is -2.40. The van der Waals surface area contributed by atoms with E-state index in [2.05, 4.69) is 12.1 Å². The Kier molecular flexibility index (Phi) is 6.63. The van der Waals surface area contributed by atoms with Gasteiger partial charge in [0.2, 0.25) is 0 Å². The largest absolute Gasteiger partial charge is 0.506 e. The third kappa shape index (κ3) is 3.84. The number of aryl methyl sites for hydroxylation is 2. The van der Waals surface area contributed by atoms with E-state index >= 15 is 0 Å². The average molecular weight is 358 g/mol. The summed E-state index contributed by atoms with van der Waals surface area (Å²) in [6, 6.07) is 6.03. The van der Waals surface area contributed by atoms with E-state index in [9.17, 15) is 14.7 Å². The summed E-state index contributed by atoms with van der Waals surface area (Å²) < 4.78 is 5.43. The van der Waals surface area contributed by atoms with Crippen LogP contribution in [-0.4, -0.2) is 23.1 Å². The lowest BCUT2D eigenvalue weighted by Crippen LogP contribution is -2.49. The maximum atomic E-state index is 13.4. The van der Waals surface area contributed by atoms with Gasteiger partial charge < -0.3 is 9.84 Å². The van der Waals surface area contributed by atoms with Crippen LogP contribution in [0.15, 0.2) is 29.8 Å². The van der Waals surface area contributed by atoms with Gasteiger partial charge in [-0.1, -0.05) is 43.7 Å². The van der Waals surface area contributed by atoms with Gasteiger partial charge in [0.1, 0.15) is 11.9 Å². The standard InChI is InChI=1S/C22H30O4/c1-5-9-19(23)22(6-2,18-13-12-15(3)14-16(18)4)20(26-21(24)25)17-10-7-8-11-17/h10,12-14,20H,5-9,11H2,1-4H3,(H,24,25). The molecule has 1 aromatic rings. The maximum absolute atomic E-state index is 13.4. The van der Waals surface area contributed by atoms with Crippen molar-refractivity contribution in [3.8, 4) is 0 Å². The van der Waals surface area contributed by atoms with Gasteiger partial charge in [-0.3, -0.25) is 4.79 Å². The minimum absolute atomic E-state index is 0.0634. The number of rotatable bonds is 8. The molecule has 0 saturated heterocycles. The molecule has 4 nitrogen and oxygen atoms in total. The van der Waals surface area contributed by atoms with Crippen molar-refractivity contribution < 1.29 is 19.4 Å². The number of hydrogen-bond donors (Lipinski definition) is 1. The topological polar surface area (TPSA) is 63.6 Å². The summed E-state index contributed by atoms with van der Waals surface area (Å²) in [6.07, 6.45) is 4.28. The van der Waals surface area contributed by atoms with Gasteiger partial charge in [-0.2, -0.15) is 0 Å². The van der Waals surface area contributed by atoms with E-state index in [1.165, 1.54) is 0 Å². The first kappa shape index (κ1) is 20.2. The minimum atomic E-state index is -1.32. The summed E-state index contributed by atoms with van der Waals surface area (Å²) in [5, 5.41) is 9.41. The molecule has 0 spiro atoms. The second-order valence-corrected chi connectivity index (χ2v) is 7.25. The second kappa shape index (κ2) is 8.52. The highest BCUT2D eigenvalue weighted by atomic mass is 16.7. The first-order valence-corrected chi connectivity index (χ1v) is 9.56. The SMILES string of the molecule is CCCC(=O)C(CC)(c1ccc(C)cc1C)C(OC(=O)O)C1=CCCC1. The van der Waals surface area contributed by atoms with Crippen molar-refractivity contribution in [2.45, 2.75) is 77.7 Å². The predicted molar refractivity (Wildman–Crippen MR) is 103 cm³/mol. The summed E-state index contributed by atoms with van der Waals surface area (Å²) in [5.74, 6) is 0.0634. The third-order valence-electron chi connectivity index (χ3n) is 5.47. The normalized spacial score (nSPS) is 17.3. The lowest BCUT2D eigenvalue weighted by atomic mass is 9.65. The van der Waals surface area contributed by atoms with Crippen LogP contribution in [0.1, 0.15) is 69.1 Å². The van der Waals surface area contributed by atoms with E-state index in [-0.39, 0.29) is 5.78 Å². The molecule has 1 aliphatic rings. The van der Waals surface area contributed by atoms with Crippen LogP contribution in [0.5, 0.6) is 0 Å². The fraction of sp³-hybridized carbons (Fsp3) is 0.545. The Labute approximate surface area is 156 Å². The second-order valence-electron chi connectivity index (χ2n) is 7.25. The van der Waals surface area contributed by atoms with E-state index in [0.717, 1.165) is 47.9 Å². The molecule has 0 aromatic heterocycles. The van der Waals surface area contributed by atoms with Gasteiger partial charge in [0.15, 0.2) is 0 Å². The van der Waals surface area contributed by atoms with Crippen LogP contribution < -0.4 is 0 Å². The number of ketones is 1. The van der Waals surface area contributed by atoms with Crippen LogP contribution in [0.25, 0.3) is 0 Å². The highest BCUT2D eigenvalue weighted by molar-refractivity contribution is 5.92. The van der Waals surface area contributed by atoms with Crippen molar-refractivity contribution >= 4 is 11.9 Å². The Morgan fingerprint density at radius 1 is 1.27 bits per heavy atom. The Hall–Kier alpha value is -2.10. The molecule has 0 bridgehead atoms. The molecule has 0 fully saturated rings. The van der Waals surface area contributed by atoms with Crippen molar-refractivity contribution in [1.82, 2.24) is 0 Å². The third-order valence-corrected chi connectivity index (χ3v) is 5.47. The zero-order chi connectivity index (χ0) is 19.3. The van der Waals surface area contributed by atoms with Crippen LogP contribution in [0.3, 0.4) is 0 Å². The molecule has 4 heteroatoms. The zero-order valence-electron chi connectivity index (χ0n) is 16.3. The molecular formula is C22H30O4. The van der Waals surface area contributed by atoms with Gasteiger partial charge in [0.05, 0.1) is 5.41 Å². The van der Waals surface area contributed by atoms with Crippen LogP contribution in [-0.2, 0) is 14.9 Å². The van der Waals surface area contributed by atoms with Crippen LogP contribution in [0, 0.1) is 13.8 Å². The molecule has 2 rings (SSSR count). The fourth-order valence-electron chi connectivity index (χ4n) is 4.30. The van der Waals surface area contributed by atoms with E-state index in [1.807, 2.05) is 39.8 Å². The van der Waals surface area contributed by atoms with Crippen LogP contribution in [0.2, 0.25) is 0 Å². The van der Waals surface area contributed by atoms with Gasteiger partial charge in [-0.25, -0.2) is 4.79 Å². The highest BCUT2D eigenvalue weighted by Crippen LogP contribution is 2.43. The summed E-state index contributed by atoms with van der Waals surface area (Å²) in [4.78, 5) is 24.9. The lowest BCUT2D eigenvalue weighted by molar-refractivity contribution is -0.129. The number of ether oxygens (including phenoxy) is 1. The van der Waals surface area contributed by atoms with Crippen molar-refractivity contribution in [2.24, 2.45) is 0 Å². The van der Waals surface area contributed by atoms with Gasteiger partial charge >= 0.3 is 6.16 Å². The zero-order valence-corrected chi connectivity index (χ0v) is 16.3. The van der Waals surface area contributed by atoms with E-state index in [0.29, 0.717) is 12.8 Å². The molecule has 0 aliphatic heterocycles. The minimum Gasteiger partial charge on any atom is -0.450 e. The Bertz CT molecular complexity index is 704. The predicted octanol–water partition coefficient (Wildman–Crippen LogP) is 5.49.